The van der Waals surface area contributed by atoms with E-state index < -0.39 is 29.4 Å². The summed E-state index contributed by atoms with van der Waals surface area (Å²) in [5.74, 6) is -3.49. The lowest BCUT2D eigenvalue weighted by atomic mass is 10.1. The number of hydrogen-bond donors (Lipinski definition) is 0. The average molecular weight is 299 g/mol. The number of carbonyl (C=O) groups excluding carboxylic acids is 2. The largest absolute Gasteiger partial charge is 0.469 e. The van der Waals surface area contributed by atoms with Crippen LogP contribution in [-0.2, 0) is 9.53 Å². The number of benzene rings is 1. The number of esters is 1. The molecule has 0 saturated carbocycles. The van der Waals surface area contributed by atoms with E-state index in [4.69, 9.17) is 0 Å². The van der Waals surface area contributed by atoms with Crippen LogP contribution in [-0.4, -0.2) is 36.5 Å². The Labute approximate surface area is 122 Å². The van der Waals surface area contributed by atoms with Crippen LogP contribution in [0.3, 0.4) is 0 Å². The third-order valence-electron chi connectivity index (χ3n) is 3.12. The molecule has 1 amide bonds. The zero-order valence-corrected chi connectivity index (χ0v) is 12.5. The lowest BCUT2D eigenvalue weighted by molar-refractivity contribution is -0.145. The van der Waals surface area contributed by atoms with Gasteiger partial charge in [-0.1, -0.05) is 6.92 Å². The van der Waals surface area contributed by atoms with Gasteiger partial charge in [-0.05, 0) is 32.0 Å². The van der Waals surface area contributed by atoms with Crippen molar-refractivity contribution >= 4 is 11.9 Å². The zero-order chi connectivity index (χ0) is 16.2. The molecule has 0 spiro atoms. The van der Waals surface area contributed by atoms with E-state index in [-0.39, 0.29) is 18.2 Å². The van der Waals surface area contributed by atoms with Crippen molar-refractivity contribution in [1.82, 2.24) is 4.90 Å². The van der Waals surface area contributed by atoms with Gasteiger partial charge in [0.2, 0.25) is 0 Å². The first-order valence-electron chi connectivity index (χ1n) is 6.61. The van der Waals surface area contributed by atoms with Crippen molar-refractivity contribution in [1.29, 1.82) is 0 Å². The maximum absolute atomic E-state index is 13.2. The Hall–Kier alpha value is -1.98. The van der Waals surface area contributed by atoms with Crippen LogP contribution in [0, 0.1) is 17.6 Å². The molecule has 0 N–H and O–H groups in total. The number of nitrogens with zero attached hydrogens (tertiary/aromatic N) is 1. The highest BCUT2D eigenvalue weighted by Gasteiger charge is 2.25. The van der Waals surface area contributed by atoms with Gasteiger partial charge in [0.25, 0.3) is 5.91 Å². The van der Waals surface area contributed by atoms with E-state index in [0.717, 1.165) is 12.1 Å². The molecule has 1 rings (SSSR count). The first kappa shape index (κ1) is 17.1. The highest BCUT2D eigenvalue weighted by Crippen LogP contribution is 2.15. The minimum Gasteiger partial charge on any atom is -0.469 e. The standard InChI is InChI=1S/C15H19F2NO3/c1-9(2)18(8-10(3)15(20)21-4)14(19)11-5-6-12(16)13(17)7-11/h5-7,9-10H,8H2,1-4H3. The first-order chi connectivity index (χ1) is 9.77. The van der Waals surface area contributed by atoms with Crippen LogP contribution < -0.4 is 0 Å². The quantitative estimate of drug-likeness (QED) is 0.785. The van der Waals surface area contributed by atoms with Crippen molar-refractivity contribution in [3.8, 4) is 0 Å². The molecule has 21 heavy (non-hydrogen) atoms. The van der Waals surface area contributed by atoms with Crippen LogP contribution in [0.15, 0.2) is 18.2 Å². The van der Waals surface area contributed by atoms with E-state index >= 15 is 0 Å². The van der Waals surface area contributed by atoms with E-state index in [0.29, 0.717) is 0 Å². The second-order valence-electron chi connectivity index (χ2n) is 5.10. The minimum absolute atomic E-state index is 0.0414. The molecule has 6 heteroatoms. The van der Waals surface area contributed by atoms with E-state index in [1.807, 2.05) is 0 Å². The maximum atomic E-state index is 13.2. The Balaban J connectivity index is 2.97. The van der Waals surface area contributed by atoms with Crippen LogP contribution in [0.1, 0.15) is 31.1 Å². The Morgan fingerprint density at radius 3 is 2.29 bits per heavy atom. The van der Waals surface area contributed by atoms with Gasteiger partial charge in [-0.25, -0.2) is 8.78 Å². The minimum atomic E-state index is -1.08. The van der Waals surface area contributed by atoms with Crippen molar-refractivity contribution < 1.29 is 23.1 Å². The van der Waals surface area contributed by atoms with Crippen molar-refractivity contribution in [2.45, 2.75) is 26.8 Å². The number of ether oxygens (including phenoxy) is 1. The Morgan fingerprint density at radius 2 is 1.81 bits per heavy atom. The predicted octanol–water partition coefficient (Wildman–Crippen LogP) is 2.62. The average Bonchev–Trinajstić information content (AvgIpc) is 2.45. The van der Waals surface area contributed by atoms with Crippen LogP contribution >= 0.6 is 0 Å². The van der Waals surface area contributed by atoms with Crippen LogP contribution in [0.5, 0.6) is 0 Å². The maximum Gasteiger partial charge on any atom is 0.310 e. The second kappa shape index (κ2) is 7.15. The summed E-state index contributed by atoms with van der Waals surface area (Å²) in [4.78, 5) is 25.3. The molecule has 0 radical (unpaired) electrons. The number of rotatable bonds is 5. The van der Waals surface area contributed by atoms with Gasteiger partial charge >= 0.3 is 5.97 Å². The molecule has 0 fully saturated rings. The summed E-state index contributed by atoms with van der Waals surface area (Å²) >= 11 is 0. The SMILES string of the molecule is COC(=O)C(C)CN(C(=O)c1ccc(F)c(F)c1)C(C)C. The number of carbonyl (C=O) groups is 2. The van der Waals surface area contributed by atoms with Crippen molar-refractivity contribution in [2.24, 2.45) is 5.92 Å². The van der Waals surface area contributed by atoms with Crippen molar-refractivity contribution in [3.63, 3.8) is 0 Å². The van der Waals surface area contributed by atoms with Crippen LogP contribution in [0.2, 0.25) is 0 Å². The van der Waals surface area contributed by atoms with Gasteiger partial charge in [0.05, 0.1) is 13.0 Å². The predicted molar refractivity (Wildman–Crippen MR) is 73.7 cm³/mol. The van der Waals surface area contributed by atoms with Gasteiger partial charge in [0, 0.05) is 18.2 Å². The van der Waals surface area contributed by atoms with E-state index in [1.165, 1.54) is 18.1 Å². The van der Waals surface area contributed by atoms with Crippen molar-refractivity contribution in [2.75, 3.05) is 13.7 Å². The Morgan fingerprint density at radius 1 is 1.19 bits per heavy atom. The van der Waals surface area contributed by atoms with Crippen LogP contribution in [0.4, 0.5) is 8.78 Å². The normalized spacial score (nSPS) is 12.1. The summed E-state index contributed by atoms with van der Waals surface area (Å²) in [6, 6.07) is 2.79. The van der Waals surface area contributed by atoms with E-state index in [2.05, 4.69) is 4.74 Å². The molecule has 4 nitrogen and oxygen atoms in total. The van der Waals surface area contributed by atoms with Gasteiger partial charge in [0.1, 0.15) is 0 Å². The molecular formula is C15H19F2NO3. The zero-order valence-electron chi connectivity index (χ0n) is 12.5. The fourth-order valence-electron chi connectivity index (χ4n) is 1.89. The molecule has 1 aromatic rings. The van der Waals surface area contributed by atoms with Crippen molar-refractivity contribution in [3.05, 3.63) is 35.4 Å². The summed E-state index contributed by atoms with van der Waals surface area (Å²) < 4.78 is 30.8. The molecule has 1 unspecified atom stereocenters. The molecule has 1 aromatic carbocycles. The van der Waals surface area contributed by atoms with Gasteiger partial charge in [-0.15, -0.1) is 0 Å². The monoisotopic (exact) mass is 299 g/mol. The second-order valence-corrected chi connectivity index (χ2v) is 5.10. The number of halogens is 2. The molecular weight excluding hydrogens is 280 g/mol. The fraction of sp³-hybridized carbons (Fsp3) is 0.467. The first-order valence-corrected chi connectivity index (χ1v) is 6.61. The summed E-state index contributed by atoms with van der Waals surface area (Å²) in [7, 11) is 1.27. The molecule has 0 aliphatic heterocycles. The lowest BCUT2D eigenvalue weighted by Crippen LogP contribution is -2.41. The summed E-state index contributed by atoms with van der Waals surface area (Å²) in [5, 5.41) is 0. The fourth-order valence-corrected chi connectivity index (χ4v) is 1.89. The Bertz CT molecular complexity index is 532. The number of methoxy groups -OCH3 is 1. The number of hydrogen-bond acceptors (Lipinski definition) is 3. The molecule has 0 aliphatic rings. The van der Waals surface area contributed by atoms with Gasteiger partial charge in [-0.3, -0.25) is 9.59 Å². The van der Waals surface area contributed by atoms with E-state index in [9.17, 15) is 18.4 Å². The smallest absolute Gasteiger partial charge is 0.310 e. The third kappa shape index (κ3) is 4.24. The molecule has 0 bridgehead atoms. The highest BCUT2D eigenvalue weighted by molar-refractivity contribution is 5.94. The topological polar surface area (TPSA) is 46.6 Å². The summed E-state index contributed by atoms with van der Waals surface area (Å²) in [5.41, 5.74) is 0.0414. The van der Waals surface area contributed by atoms with E-state index in [1.54, 1.807) is 20.8 Å². The molecule has 1 atom stereocenters. The lowest BCUT2D eigenvalue weighted by Gasteiger charge is -2.29. The molecule has 0 heterocycles. The van der Waals surface area contributed by atoms with Gasteiger partial charge < -0.3 is 9.64 Å². The van der Waals surface area contributed by atoms with Crippen LogP contribution in [0.25, 0.3) is 0 Å². The third-order valence-corrected chi connectivity index (χ3v) is 3.12. The Kier molecular flexibility index (Phi) is 5.81. The molecule has 0 aromatic heterocycles. The highest BCUT2D eigenvalue weighted by atomic mass is 19.2. The van der Waals surface area contributed by atoms with Gasteiger partial charge in [-0.2, -0.15) is 0 Å². The summed E-state index contributed by atoms with van der Waals surface area (Å²) in [6.07, 6.45) is 0. The summed E-state index contributed by atoms with van der Waals surface area (Å²) in [6.45, 7) is 5.34. The molecule has 116 valence electrons. The molecule has 0 aliphatic carbocycles. The number of amides is 1. The van der Waals surface area contributed by atoms with Gasteiger partial charge in [0.15, 0.2) is 11.6 Å². The molecule has 0 saturated heterocycles.